The van der Waals surface area contributed by atoms with Crippen LogP contribution in [0.5, 0.6) is 0 Å². The number of nitrogens with one attached hydrogen (secondary N) is 2. The molecule has 1 aromatic heterocycles. The lowest BCUT2D eigenvalue weighted by Crippen LogP contribution is -2.34. The highest BCUT2D eigenvalue weighted by Gasteiger charge is 2.13. The molecule has 0 radical (unpaired) electrons. The van der Waals surface area contributed by atoms with Gasteiger partial charge in [0.2, 0.25) is 10.0 Å². The van der Waals surface area contributed by atoms with E-state index in [0.717, 1.165) is 23.3 Å². The lowest BCUT2D eigenvalue weighted by molar-refractivity contribution is 0.0954. The molecule has 1 aromatic carbocycles. The number of amides is 1. The molecular weight excluding hydrogens is 350 g/mol. The molecule has 1 heterocycles. The fraction of sp³-hybridized carbons (Fsp3) is 0.312. The van der Waals surface area contributed by atoms with E-state index in [1.54, 1.807) is 12.1 Å². The molecular formula is C16H20ClN3O3S. The van der Waals surface area contributed by atoms with Gasteiger partial charge in [0.05, 0.1) is 16.8 Å². The van der Waals surface area contributed by atoms with Gasteiger partial charge in [-0.1, -0.05) is 11.6 Å². The van der Waals surface area contributed by atoms with Crippen molar-refractivity contribution in [3.63, 3.8) is 0 Å². The van der Waals surface area contributed by atoms with Crippen LogP contribution in [0.1, 0.15) is 21.7 Å². The first-order valence-electron chi connectivity index (χ1n) is 7.37. The summed E-state index contributed by atoms with van der Waals surface area (Å²) in [6.07, 6.45) is 1.07. The highest BCUT2D eigenvalue weighted by atomic mass is 35.5. The van der Waals surface area contributed by atoms with Gasteiger partial charge in [0.1, 0.15) is 0 Å². The van der Waals surface area contributed by atoms with Gasteiger partial charge in [-0.15, -0.1) is 0 Å². The zero-order valence-corrected chi connectivity index (χ0v) is 15.3. The molecule has 0 unspecified atom stereocenters. The smallest absolute Gasteiger partial charge is 0.252 e. The van der Waals surface area contributed by atoms with Gasteiger partial charge in [0.15, 0.2) is 0 Å². The molecule has 24 heavy (non-hydrogen) atoms. The minimum absolute atomic E-state index is 0.123. The van der Waals surface area contributed by atoms with Crippen molar-refractivity contribution < 1.29 is 13.2 Å². The fourth-order valence-corrected chi connectivity index (χ4v) is 3.09. The van der Waals surface area contributed by atoms with Gasteiger partial charge in [0.25, 0.3) is 5.91 Å². The quantitative estimate of drug-likeness (QED) is 0.764. The molecule has 2 rings (SSSR count). The number of sulfonamides is 1. The number of rotatable bonds is 6. The largest absolute Gasteiger partial charge is 0.351 e. The maximum absolute atomic E-state index is 12.3. The number of aryl methyl sites for hydroxylation is 2. The van der Waals surface area contributed by atoms with E-state index in [4.69, 9.17) is 11.6 Å². The Morgan fingerprint density at radius 3 is 2.33 bits per heavy atom. The monoisotopic (exact) mass is 369 g/mol. The first kappa shape index (κ1) is 18.5. The molecule has 2 N–H and O–H groups in total. The Hall–Kier alpha value is -1.83. The number of benzene rings is 1. The molecule has 0 aliphatic rings. The lowest BCUT2D eigenvalue weighted by atomic mass is 10.1. The molecule has 130 valence electrons. The third-order valence-corrected chi connectivity index (χ3v) is 4.56. The summed E-state index contributed by atoms with van der Waals surface area (Å²) in [6, 6.07) is 9.26. The Balaban J connectivity index is 2.15. The summed E-state index contributed by atoms with van der Waals surface area (Å²) in [6.45, 7) is 4.27. The highest BCUT2D eigenvalue weighted by Crippen LogP contribution is 2.22. The second-order valence-corrected chi connectivity index (χ2v) is 7.78. The number of carbonyl (C=O) groups excluding carboxylic acids is 1. The average molecular weight is 370 g/mol. The van der Waals surface area contributed by atoms with Crippen LogP contribution < -0.4 is 10.0 Å². The predicted octanol–water partition coefficient (Wildman–Crippen LogP) is 2.03. The van der Waals surface area contributed by atoms with Crippen LogP contribution >= 0.6 is 11.6 Å². The molecule has 0 saturated heterocycles. The Morgan fingerprint density at radius 2 is 1.75 bits per heavy atom. The van der Waals surface area contributed by atoms with E-state index in [-0.39, 0.29) is 19.0 Å². The van der Waals surface area contributed by atoms with Crippen LogP contribution in [0.25, 0.3) is 5.69 Å². The summed E-state index contributed by atoms with van der Waals surface area (Å²) in [7, 11) is -3.27. The molecule has 0 bridgehead atoms. The number of hydrogen-bond donors (Lipinski definition) is 2. The molecule has 6 nitrogen and oxygen atoms in total. The maximum atomic E-state index is 12.3. The second kappa shape index (κ2) is 7.38. The van der Waals surface area contributed by atoms with Gasteiger partial charge in [-0.05, 0) is 44.2 Å². The summed E-state index contributed by atoms with van der Waals surface area (Å²) in [5.41, 5.74) is 3.30. The van der Waals surface area contributed by atoms with Gasteiger partial charge < -0.3 is 9.88 Å². The van der Waals surface area contributed by atoms with Crippen LogP contribution in [0.4, 0.5) is 0 Å². The average Bonchev–Trinajstić information content (AvgIpc) is 2.82. The van der Waals surface area contributed by atoms with Gasteiger partial charge in [-0.2, -0.15) is 0 Å². The third kappa shape index (κ3) is 4.59. The van der Waals surface area contributed by atoms with Crippen molar-refractivity contribution >= 4 is 27.5 Å². The Bertz CT molecular complexity index is 840. The second-order valence-electron chi connectivity index (χ2n) is 5.54. The van der Waals surface area contributed by atoms with Crippen molar-refractivity contribution in [2.45, 2.75) is 13.8 Å². The van der Waals surface area contributed by atoms with E-state index >= 15 is 0 Å². The van der Waals surface area contributed by atoms with E-state index in [1.165, 1.54) is 0 Å². The maximum Gasteiger partial charge on any atom is 0.252 e. The van der Waals surface area contributed by atoms with Crippen LogP contribution in [0.15, 0.2) is 30.3 Å². The molecule has 0 fully saturated rings. The summed E-state index contributed by atoms with van der Waals surface area (Å²) >= 11 is 6.14. The Morgan fingerprint density at radius 1 is 1.12 bits per heavy atom. The van der Waals surface area contributed by atoms with Crippen LogP contribution in [-0.2, 0) is 10.0 Å². The molecule has 8 heteroatoms. The predicted molar refractivity (Wildman–Crippen MR) is 95.4 cm³/mol. The first-order chi connectivity index (χ1) is 11.2. The molecule has 1 amide bonds. The zero-order chi connectivity index (χ0) is 17.9. The highest BCUT2D eigenvalue weighted by molar-refractivity contribution is 7.88. The van der Waals surface area contributed by atoms with Crippen LogP contribution in [0.2, 0.25) is 5.02 Å². The van der Waals surface area contributed by atoms with Crippen LogP contribution in [0.3, 0.4) is 0 Å². The van der Waals surface area contributed by atoms with Crippen molar-refractivity contribution in [1.29, 1.82) is 0 Å². The minimum atomic E-state index is -3.27. The lowest BCUT2D eigenvalue weighted by Gasteiger charge is -2.13. The number of aromatic nitrogens is 1. The van der Waals surface area contributed by atoms with E-state index in [2.05, 4.69) is 10.0 Å². The van der Waals surface area contributed by atoms with Crippen molar-refractivity contribution in [3.8, 4) is 5.69 Å². The van der Waals surface area contributed by atoms with Crippen molar-refractivity contribution in [1.82, 2.24) is 14.6 Å². The third-order valence-electron chi connectivity index (χ3n) is 3.50. The number of carbonyl (C=O) groups is 1. The first-order valence-corrected chi connectivity index (χ1v) is 9.63. The minimum Gasteiger partial charge on any atom is -0.351 e. The number of hydrogen-bond acceptors (Lipinski definition) is 3. The van der Waals surface area contributed by atoms with E-state index < -0.39 is 10.0 Å². The van der Waals surface area contributed by atoms with Gasteiger partial charge in [0, 0.05) is 30.2 Å². The molecule has 2 aromatic rings. The molecule has 0 saturated carbocycles. The molecule has 0 aliphatic heterocycles. The fourth-order valence-electron chi connectivity index (χ4n) is 2.41. The molecule has 0 atom stereocenters. The van der Waals surface area contributed by atoms with Crippen LogP contribution in [0, 0.1) is 13.8 Å². The number of nitrogens with zero attached hydrogens (tertiary/aromatic N) is 1. The molecule has 0 spiro atoms. The van der Waals surface area contributed by atoms with Crippen LogP contribution in [-0.4, -0.2) is 38.2 Å². The van der Waals surface area contributed by atoms with Crippen molar-refractivity contribution in [2.75, 3.05) is 19.3 Å². The SMILES string of the molecule is Cc1ccc(C)n1-c1ccc(Cl)c(C(=O)NCCNS(C)(=O)=O)c1. The van der Waals surface area contributed by atoms with Crippen molar-refractivity contribution in [2.24, 2.45) is 0 Å². The number of halogens is 1. The van der Waals surface area contributed by atoms with Gasteiger partial charge >= 0.3 is 0 Å². The summed E-state index contributed by atoms with van der Waals surface area (Å²) in [4.78, 5) is 12.3. The van der Waals surface area contributed by atoms with Crippen molar-refractivity contribution in [3.05, 3.63) is 52.3 Å². The Kier molecular flexibility index (Phi) is 5.69. The molecule has 0 aliphatic carbocycles. The summed E-state index contributed by atoms with van der Waals surface area (Å²) < 4.78 is 26.3. The zero-order valence-electron chi connectivity index (χ0n) is 13.8. The van der Waals surface area contributed by atoms with Gasteiger partial charge in [-0.25, -0.2) is 13.1 Å². The summed E-state index contributed by atoms with van der Waals surface area (Å²) in [5, 5.41) is 3.00. The van der Waals surface area contributed by atoms with E-state index in [1.807, 2.05) is 36.6 Å². The Labute approximate surface area is 146 Å². The summed E-state index contributed by atoms with van der Waals surface area (Å²) in [5.74, 6) is -0.348. The standard InChI is InChI=1S/C16H20ClN3O3S/c1-11-4-5-12(2)20(11)13-6-7-15(17)14(10-13)16(21)18-8-9-19-24(3,22)23/h4-7,10,19H,8-9H2,1-3H3,(H,18,21). The topological polar surface area (TPSA) is 80.2 Å². The van der Waals surface area contributed by atoms with E-state index in [9.17, 15) is 13.2 Å². The normalized spacial score (nSPS) is 11.5. The van der Waals surface area contributed by atoms with E-state index in [0.29, 0.717) is 10.6 Å². The van der Waals surface area contributed by atoms with Gasteiger partial charge in [-0.3, -0.25) is 4.79 Å².